The van der Waals surface area contributed by atoms with Crippen molar-refractivity contribution in [3.8, 4) is 5.75 Å². The van der Waals surface area contributed by atoms with E-state index in [0.29, 0.717) is 28.2 Å². The van der Waals surface area contributed by atoms with Gasteiger partial charge in [0, 0.05) is 30.4 Å². The summed E-state index contributed by atoms with van der Waals surface area (Å²) in [6.07, 6.45) is -1.42. The summed E-state index contributed by atoms with van der Waals surface area (Å²) in [4.78, 5) is 53.9. The summed E-state index contributed by atoms with van der Waals surface area (Å²) in [5.74, 6) is -1.09. The van der Waals surface area contributed by atoms with Crippen molar-refractivity contribution in [1.82, 2.24) is 10.6 Å². The first-order valence-corrected chi connectivity index (χ1v) is 13.2. The maximum atomic E-state index is 13.2. The van der Waals surface area contributed by atoms with Gasteiger partial charge in [-0.2, -0.15) is 0 Å². The average Bonchev–Trinajstić information content (AvgIpc) is 3.28. The van der Waals surface area contributed by atoms with Gasteiger partial charge in [0.25, 0.3) is 5.91 Å². The van der Waals surface area contributed by atoms with Gasteiger partial charge >= 0.3 is 12.2 Å². The SMILES string of the molecule is COC(=O)Oc1ccc2c(c1)NC(=O)C2C(=Nc1ccc(C(=O)NCCNC(=O)OC(C)(C)C)cc1)c1ccccc1. The van der Waals surface area contributed by atoms with E-state index < -0.39 is 23.8 Å². The van der Waals surface area contributed by atoms with Crippen LogP contribution in [-0.2, 0) is 14.3 Å². The highest BCUT2D eigenvalue weighted by Gasteiger charge is 2.36. The average molecular weight is 573 g/mol. The predicted molar refractivity (Wildman–Crippen MR) is 156 cm³/mol. The lowest BCUT2D eigenvalue weighted by molar-refractivity contribution is -0.115. The van der Waals surface area contributed by atoms with Crippen molar-refractivity contribution in [1.29, 1.82) is 0 Å². The molecule has 42 heavy (non-hydrogen) atoms. The number of benzene rings is 3. The molecule has 3 N–H and O–H groups in total. The Kier molecular flexibility index (Phi) is 9.21. The summed E-state index contributed by atoms with van der Waals surface area (Å²) >= 11 is 0. The molecule has 3 amide bonds. The molecule has 0 radical (unpaired) electrons. The number of alkyl carbamates (subject to hydrolysis) is 1. The largest absolute Gasteiger partial charge is 0.513 e. The summed E-state index contributed by atoms with van der Waals surface area (Å²) in [6.45, 7) is 5.74. The molecule has 0 aromatic heterocycles. The van der Waals surface area contributed by atoms with Crippen molar-refractivity contribution >= 4 is 41.1 Å². The van der Waals surface area contributed by atoms with Gasteiger partial charge in [-0.15, -0.1) is 0 Å². The molecule has 11 nitrogen and oxygen atoms in total. The van der Waals surface area contributed by atoms with Crippen LogP contribution in [0.1, 0.15) is 48.2 Å². The molecule has 1 heterocycles. The van der Waals surface area contributed by atoms with Crippen LogP contribution in [0, 0.1) is 0 Å². The van der Waals surface area contributed by atoms with E-state index in [1.165, 1.54) is 7.11 Å². The van der Waals surface area contributed by atoms with Gasteiger partial charge in [0.05, 0.1) is 18.5 Å². The van der Waals surface area contributed by atoms with Gasteiger partial charge in [0.15, 0.2) is 0 Å². The summed E-state index contributed by atoms with van der Waals surface area (Å²) < 4.78 is 14.8. The highest BCUT2D eigenvalue weighted by molar-refractivity contribution is 6.24. The maximum absolute atomic E-state index is 13.2. The lowest BCUT2D eigenvalue weighted by atomic mass is 9.90. The van der Waals surface area contributed by atoms with Crippen LogP contribution in [0.15, 0.2) is 77.8 Å². The molecule has 1 aliphatic rings. The fraction of sp³-hybridized carbons (Fsp3) is 0.258. The number of anilines is 1. The summed E-state index contributed by atoms with van der Waals surface area (Å²) in [5.41, 5.74) is 2.80. The first-order chi connectivity index (χ1) is 20.0. The van der Waals surface area contributed by atoms with E-state index in [0.717, 1.165) is 5.56 Å². The minimum atomic E-state index is -0.864. The second-order valence-electron chi connectivity index (χ2n) is 10.3. The van der Waals surface area contributed by atoms with E-state index in [1.807, 2.05) is 30.3 Å². The second-order valence-corrected chi connectivity index (χ2v) is 10.3. The molecule has 4 rings (SSSR count). The fourth-order valence-electron chi connectivity index (χ4n) is 4.20. The Hall–Kier alpha value is -5.19. The molecule has 3 aromatic carbocycles. The number of ether oxygens (including phenoxy) is 3. The van der Waals surface area contributed by atoms with E-state index in [2.05, 4.69) is 20.7 Å². The van der Waals surface area contributed by atoms with E-state index in [1.54, 1.807) is 63.2 Å². The number of methoxy groups -OCH3 is 1. The molecule has 0 fully saturated rings. The first kappa shape index (κ1) is 29.8. The smallest absolute Gasteiger partial charge is 0.444 e. The van der Waals surface area contributed by atoms with Gasteiger partial charge in [-0.05, 0) is 62.2 Å². The van der Waals surface area contributed by atoms with Crippen molar-refractivity contribution in [3.05, 3.63) is 89.5 Å². The van der Waals surface area contributed by atoms with Gasteiger partial charge in [-0.3, -0.25) is 14.6 Å². The number of fused-ring (bicyclic) bond motifs is 1. The van der Waals surface area contributed by atoms with Gasteiger partial charge in [0.1, 0.15) is 17.3 Å². The lowest BCUT2D eigenvalue weighted by Gasteiger charge is -2.19. The number of nitrogens with zero attached hydrogens (tertiary/aromatic N) is 1. The molecule has 3 aromatic rings. The zero-order valence-electron chi connectivity index (χ0n) is 23.7. The Balaban J connectivity index is 1.50. The summed E-state index contributed by atoms with van der Waals surface area (Å²) in [7, 11) is 1.21. The van der Waals surface area contributed by atoms with Crippen molar-refractivity contribution in [2.45, 2.75) is 32.3 Å². The van der Waals surface area contributed by atoms with Crippen LogP contribution in [-0.4, -0.2) is 55.6 Å². The molecule has 1 atom stereocenters. The van der Waals surface area contributed by atoms with Gasteiger partial charge < -0.3 is 30.2 Å². The van der Waals surface area contributed by atoms with Crippen LogP contribution in [0.2, 0.25) is 0 Å². The van der Waals surface area contributed by atoms with Crippen molar-refractivity contribution in [2.75, 3.05) is 25.5 Å². The zero-order chi connectivity index (χ0) is 30.3. The van der Waals surface area contributed by atoms with Crippen LogP contribution in [0.3, 0.4) is 0 Å². The number of amides is 3. The molecule has 1 aliphatic heterocycles. The third-order valence-corrected chi connectivity index (χ3v) is 6.02. The monoisotopic (exact) mass is 572 g/mol. The zero-order valence-corrected chi connectivity index (χ0v) is 23.7. The third kappa shape index (κ3) is 7.72. The predicted octanol–water partition coefficient (Wildman–Crippen LogP) is 4.94. The minimum absolute atomic E-state index is 0.213. The highest BCUT2D eigenvalue weighted by atomic mass is 16.7. The maximum Gasteiger partial charge on any atom is 0.513 e. The van der Waals surface area contributed by atoms with Crippen molar-refractivity contribution in [2.24, 2.45) is 4.99 Å². The van der Waals surface area contributed by atoms with Crippen LogP contribution in [0.25, 0.3) is 0 Å². The Labute approximate surface area is 243 Å². The van der Waals surface area contributed by atoms with Crippen LogP contribution in [0.5, 0.6) is 5.75 Å². The van der Waals surface area contributed by atoms with E-state index in [-0.39, 0.29) is 30.7 Å². The molecule has 0 bridgehead atoms. The Morgan fingerprint density at radius 1 is 0.905 bits per heavy atom. The number of carbonyl (C=O) groups excluding carboxylic acids is 4. The molecule has 0 saturated heterocycles. The van der Waals surface area contributed by atoms with Crippen LogP contribution < -0.4 is 20.7 Å². The normalized spacial score (nSPS) is 14.3. The van der Waals surface area contributed by atoms with Crippen molar-refractivity contribution < 1.29 is 33.4 Å². The van der Waals surface area contributed by atoms with Gasteiger partial charge in [-0.1, -0.05) is 36.4 Å². The number of aliphatic imine (C=N–C) groups is 1. The van der Waals surface area contributed by atoms with E-state index in [9.17, 15) is 19.2 Å². The van der Waals surface area contributed by atoms with Gasteiger partial charge in [0.2, 0.25) is 5.91 Å². The topological polar surface area (TPSA) is 144 Å². The summed E-state index contributed by atoms with van der Waals surface area (Å²) in [5, 5.41) is 8.18. The minimum Gasteiger partial charge on any atom is -0.444 e. The Morgan fingerprint density at radius 3 is 2.26 bits per heavy atom. The number of rotatable bonds is 8. The fourth-order valence-corrected chi connectivity index (χ4v) is 4.20. The third-order valence-electron chi connectivity index (χ3n) is 6.02. The van der Waals surface area contributed by atoms with E-state index >= 15 is 0 Å². The molecule has 1 unspecified atom stereocenters. The number of hydrogen-bond acceptors (Lipinski definition) is 8. The second kappa shape index (κ2) is 13.0. The number of hydrogen-bond donors (Lipinski definition) is 3. The molecule has 0 aliphatic carbocycles. The quantitative estimate of drug-likeness (QED) is 0.150. The molecular formula is C31H32N4O7. The Bertz CT molecular complexity index is 1500. The molecule has 0 spiro atoms. The molecule has 218 valence electrons. The van der Waals surface area contributed by atoms with Crippen LogP contribution >= 0.6 is 0 Å². The highest BCUT2D eigenvalue weighted by Crippen LogP contribution is 2.38. The summed E-state index contributed by atoms with van der Waals surface area (Å²) in [6, 6.07) is 20.8. The molecular weight excluding hydrogens is 540 g/mol. The lowest BCUT2D eigenvalue weighted by Crippen LogP contribution is -2.37. The number of nitrogens with one attached hydrogen (secondary N) is 3. The van der Waals surface area contributed by atoms with Gasteiger partial charge in [-0.25, -0.2) is 9.59 Å². The van der Waals surface area contributed by atoms with Crippen LogP contribution in [0.4, 0.5) is 21.0 Å². The standard InChI is InChI=1S/C31H32N4O7/c1-31(2,3)42-29(38)33-17-16-32-27(36)20-10-12-21(13-11-20)34-26(19-8-6-5-7-9-19)25-23-15-14-22(41-30(39)40-4)18-24(23)35-28(25)37/h5-15,18,25H,16-17H2,1-4H3,(H,32,36)(H,33,38)(H,35,37). The Morgan fingerprint density at radius 2 is 1.60 bits per heavy atom. The molecule has 0 saturated carbocycles. The molecule has 11 heteroatoms. The number of carbonyl (C=O) groups is 4. The van der Waals surface area contributed by atoms with E-state index in [4.69, 9.17) is 14.5 Å². The first-order valence-electron chi connectivity index (χ1n) is 13.2. The van der Waals surface area contributed by atoms with Crippen molar-refractivity contribution in [3.63, 3.8) is 0 Å².